The van der Waals surface area contributed by atoms with Crippen molar-refractivity contribution in [3.63, 3.8) is 0 Å². The SMILES string of the molecule is O=C(NO)[C@H]1Cc2cc(O)c(O)cc2CN1S(=O)(=O)c1cccs1. The number of nitrogens with one attached hydrogen (secondary N) is 1. The summed E-state index contributed by atoms with van der Waals surface area (Å²) in [4.78, 5) is 12.0. The number of amides is 1. The third-order valence-electron chi connectivity index (χ3n) is 3.85. The first-order valence-electron chi connectivity index (χ1n) is 6.87. The molecule has 128 valence electrons. The van der Waals surface area contributed by atoms with E-state index < -0.39 is 22.0 Å². The number of rotatable bonds is 3. The van der Waals surface area contributed by atoms with Crippen molar-refractivity contribution in [2.75, 3.05) is 0 Å². The van der Waals surface area contributed by atoms with Crippen LogP contribution in [0.15, 0.2) is 33.9 Å². The molecular weight excluding hydrogens is 356 g/mol. The Morgan fingerprint density at radius 1 is 1.25 bits per heavy atom. The number of thiophene rings is 1. The second kappa shape index (κ2) is 6.06. The van der Waals surface area contributed by atoms with Crippen LogP contribution >= 0.6 is 11.3 Å². The number of aromatic hydroxyl groups is 2. The Hall–Kier alpha value is -2.14. The van der Waals surface area contributed by atoms with E-state index in [0.717, 1.165) is 15.6 Å². The fraction of sp³-hybridized carbons (Fsp3) is 0.214. The molecular formula is C14H14N2O6S2. The first kappa shape index (κ1) is 16.7. The highest BCUT2D eigenvalue weighted by Gasteiger charge is 2.40. The first-order chi connectivity index (χ1) is 11.3. The predicted octanol–water partition coefficient (Wildman–Crippen LogP) is 0.780. The number of hydrogen-bond donors (Lipinski definition) is 4. The van der Waals surface area contributed by atoms with Crippen LogP contribution in [0.2, 0.25) is 0 Å². The number of sulfonamides is 1. The van der Waals surface area contributed by atoms with Gasteiger partial charge in [-0.05, 0) is 41.1 Å². The van der Waals surface area contributed by atoms with Gasteiger partial charge in [0.05, 0.1) is 0 Å². The lowest BCUT2D eigenvalue weighted by atomic mass is 9.95. The third-order valence-corrected chi connectivity index (χ3v) is 7.08. The Morgan fingerprint density at radius 2 is 1.92 bits per heavy atom. The van der Waals surface area contributed by atoms with Crippen LogP contribution in [-0.4, -0.2) is 40.1 Å². The molecule has 3 rings (SSSR count). The Kier molecular flexibility index (Phi) is 4.22. The lowest BCUT2D eigenvalue weighted by molar-refractivity contribution is -0.133. The molecule has 0 fully saturated rings. The van der Waals surface area contributed by atoms with Gasteiger partial charge in [0.25, 0.3) is 15.9 Å². The lowest BCUT2D eigenvalue weighted by Crippen LogP contribution is -2.51. The molecule has 4 N–H and O–H groups in total. The summed E-state index contributed by atoms with van der Waals surface area (Å²) < 4.78 is 26.7. The number of benzene rings is 1. The van der Waals surface area contributed by atoms with E-state index in [1.54, 1.807) is 11.4 Å². The van der Waals surface area contributed by atoms with Gasteiger partial charge in [0.1, 0.15) is 10.3 Å². The van der Waals surface area contributed by atoms with Crippen LogP contribution < -0.4 is 5.48 Å². The van der Waals surface area contributed by atoms with Gasteiger partial charge in [0.2, 0.25) is 0 Å². The molecule has 0 radical (unpaired) electrons. The molecule has 24 heavy (non-hydrogen) atoms. The molecule has 0 aliphatic carbocycles. The van der Waals surface area contributed by atoms with Crippen LogP contribution in [0.5, 0.6) is 11.5 Å². The quantitative estimate of drug-likeness (QED) is 0.359. The number of nitrogens with zero attached hydrogens (tertiary/aromatic N) is 1. The average Bonchev–Trinajstić information content (AvgIpc) is 3.09. The number of hydroxylamine groups is 1. The summed E-state index contributed by atoms with van der Waals surface area (Å²) in [5.41, 5.74) is 2.49. The largest absolute Gasteiger partial charge is 0.504 e. The van der Waals surface area contributed by atoms with Gasteiger partial charge in [-0.2, -0.15) is 4.31 Å². The van der Waals surface area contributed by atoms with E-state index in [1.165, 1.54) is 23.7 Å². The van der Waals surface area contributed by atoms with Gasteiger partial charge in [0.15, 0.2) is 11.5 Å². The van der Waals surface area contributed by atoms with Crippen LogP contribution in [0.1, 0.15) is 11.1 Å². The number of phenolic OH excluding ortho intramolecular Hbond substituents is 2. The van der Waals surface area contributed by atoms with Crippen molar-refractivity contribution in [1.29, 1.82) is 0 Å². The molecule has 0 saturated heterocycles. The third kappa shape index (κ3) is 2.73. The monoisotopic (exact) mass is 370 g/mol. The summed E-state index contributed by atoms with van der Waals surface area (Å²) in [7, 11) is -3.95. The molecule has 10 heteroatoms. The van der Waals surface area contributed by atoms with Gasteiger partial charge >= 0.3 is 0 Å². The molecule has 1 atom stereocenters. The van der Waals surface area contributed by atoms with Gasteiger partial charge in [-0.15, -0.1) is 11.3 Å². The summed E-state index contributed by atoms with van der Waals surface area (Å²) in [5.74, 6) is -1.59. The summed E-state index contributed by atoms with van der Waals surface area (Å²) in [5, 5.41) is 29.8. The fourth-order valence-corrected chi connectivity index (χ4v) is 5.35. The van der Waals surface area contributed by atoms with Crippen LogP contribution in [0.25, 0.3) is 0 Å². The van der Waals surface area contributed by atoms with Crippen molar-refractivity contribution in [1.82, 2.24) is 9.79 Å². The highest BCUT2D eigenvalue weighted by Crippen LogP contribution is 2.36. The van der Waals surface area contributed by atoms with Crippen molar-refractivity contribution in [3.05, 3.63) is 40.8 Å². The number of fused-ring (bicyclic) bond motifs is 1. The molecule has 1 aliphatic rings. The minimum Gasteiger partial charge on any atom is -0.504 e. The minimum absolute atomic E-state index is 0.0415. The van der Waals surface area contributed by atoms with Gasteiger partial charge in [-0.25, -0.2) is 13.9 Å². The Morgan fingerprint density at radius 3 is 2.50 bits per heavy atom. The normalized spacial score (nSPS) is 18.1. The smallest absolute Gasteiger partial charge is 0.262 e. The minimum atomic E-state index is -3.95. The molecule has 2 heterocycles. The fourth-order valence-electron chi connectivity index (χ4n) is 2.67. The molecule has 2 aromatic rings. The molecule has 1 aliphatic heterocycles. The maximum absolute atomic E-state index is 12.8. The van der Waals surface area contributed by atoms with Crippen molar-refractivity contribution in [2.24, 2.45) is 0 Å². The van der Waals surface area contributed by atoms with Gasteiger partial charge in [-0.3, -0.25) is 10.0 Å². The summed E-state index contributed by atoms with van der Waals surface area (Å²) in [6.07, 6.45) is -0.0415. The Bertz CT molecular complexity index is 879. The highest BCUT2D eigenvalue weighted by atomic mass is 32.2. The molecule has 1 aromatic heterocycles. The van der Waals surface area contributed by atoms with Crippen molar-refractivity contribution < 1.29 is 28.6 Å². The number of hydrogen-bond acceptors (Lipinski definition) is 7. The molecule has 1 amide bonds. The topological polar surface area (TPSA) is 127 Å². The van der Waals surface area contributed by atoms with Crippen molar-refractivity contribution >= 4 is 27.3 Å². The number of carbonyl (C=O) groups is 1. The van der Waals surface area contributed by atoms with Crippen LogP contribution in [0.4, 0.5) is 0 Å². The van der Waals surface area contributed by atoms with E-state index in [0.29, 0.717) is 11.1 Å². The van der Waals surface area contributed by atoms with E-state index in [-0.39, 0.29) is 28.7 Å². The highest BCUT2D eigenvalue weighted by molar-refractivity contribution is 7.91. The Balaban J connectivity index is 2.09. The number of carbonyl (C=O) groups excluding carboxylic acids is 1. The first-order valence-corrected chi connectivity index (χ1v) is 9.19. The maximum Gasteiger partial charge on any atom is 0.262 e. The van der Waals surface area contributed by atoms with Crippen molar-refractivity contribution in [2.45, 2.75) is 23.2 Å². The second-order valence-corrected chi connectivity index (χ2v) is 8.35. The van der Waals surface area contributed by atoms with E-state index in [9.17, 15) is 23.4 Å². The average molecular weight is 370 g/mol. The van der Waals surface area contributed by atoms with E-state index in [2.05, 4.69) is 0 Å². The summed E-state index contributed by atoms with van der Waals surface area (Å²) >= 11 is 1.02. The molecule has 0 bridgehead atoms. The second-order valence-electron chi connectivity index (χ2n) is 5.29. The Labute approximate surface area is 141 Å². The summed E-state index contributed by atoms with van der Waals surface area (Å²) in [6.45, 7) is -0.165. The van der Waals surface area contributed by atoms with Crippen LogP contribution in [0.3, 0.4) is 0 Å². The molecule has 0 unspecified atom stereocenters. The zero-order valence-corrected chi connectivity index (χ0v) is 13.8. The zero-order valence-electron chi connectivity index (χ0n) is 12.2. The van der Waals surface area contributed by atoms with Gasteiger partial charge in [-0.1, -0.05) is 6.07 Å². The number of phenols is 2. The van der Waals surface area contributed by atoms with Crippen LogP contribution in [-0.2, 0) is 27.8 Å². The van der Waals surface area contributed by atoms with Gasteiger partial charge < -0.3 is 10.2 Å². The molecule has 0 saturated carbocycles. The standard InChI is InChI=1S/C14H14N2O6S2/c17-11-5-8-4-10(14(19)15-20)16(7-9(8)6-12(11)18)24(21,22)13-2-1-3-23-13/h1-3,5-6,10,17-18,20H,4,7H2,(H,15,19)/t10-/m1/s1. The summed E-state index contributed by atoms with van der Waals surface area (Å²) in [6, 6.07) is 4.41. The lowest BCUT2D eigenvalue weighted by Gasteiger charge is -2.34. The maximum atomic E-state index is 12.8. The van der Waals surface area contributed by atoms with E-state index >= 15 is 0 Å². The van der Waals surface area contributed by atoms with Crippen LogP contribution in [0, 0.1) is 0 Å². The van der Waals surface area contributed by atoms with E-state index in [4.69, 9.17) is 5.21 Å². The molecule has 0 spiro atoms. The zero-order chi connectivity index (χ0) is 17.5. The van der Waals surface area contributed by atoms with E-state index in [1.807, 2.05) is 0 Å². The van der Waals surface area contributed by atoms with Gasteiger partial charge in [0, 0.05) is 6.54 Å². The molecule has 8 nitrogen and oxygen atoms in total. The predicted molar refractivity (Wildman–Crippen MR) is 84.2 cm³/mol. The van der Waals surface area contributed by atoms with Crippen molar-refractivity contribution in [3.8, 4) is 11.5 Å². The molecule has 1 aromatic carbocycles.